The van der Waals surface area contributed by atoms with Crippen LogP contribution < -0.4 is 9.47 Å². The molecule has 3 rings (SSSR count). The van der Waals surface area contributed by atoms with Crippen LogP contribution in [-0.4, -0.2) is 47.4 Å². The minimum absolute atomic E-state index is 0.163. The lowest BCUT2D eigenvalue weighted by atomic mass is 10.1. The molecule has 158 valence electrons. The Hall–Kier alpha value is -3.00. The highest BCUT2D eigenvalue weighted by Gasteiger charge is 2.22. The number of methoxy groups -OCH3 is 2. The highest BCUT2D eigenvalue weighted by molar-refractivity contribution is 7.98. The zero-order valence-corrected chi connectivity index (χ0v) is 18.2. The van der Waals surface area contributed by atoms with E-state index in [9.17, 15) is 9.18 Å². The van der Waals surface area contributed by atoms with Gasteiger partial charge < -0.3 is 14.4 Å². The van der Waals surface area contributed by atoms with Gasteiger partial charge in [0, 0.05) is 18.8 Å². The molecular weight excluding hydrogens is 405 g/mol. The minimum atomic E-state index is -0.332. The number of imidazole rings is 1. The van der Waals surface area contributed by atoms with Crippen molar-refractivity contribution in [2.24, 2.45) is 0 Å². The van der Waals surface area contributed by atoms with E-state index >= 15 is 0 Å². The van der Waals surface area contributed by atoms with Gasteiger partial charge in [0.05, 0.1) is 20.4 Å². The standard InChI is InChI=1S/C22H24FN3O3S/c1-5-25(14-15-6-11-19(28-2)20(12-15)29-3)21(27)18-13-24-22(30-4)26(18)17-9-7-16(23)8-10-17/h6-13H,5,14H2,1-4H3. The first-order valence-corrected chi connectivity index (χ1v) is 10.6. The van der Waals surface area contributed by atoms with Crippen molar-refractivity contribution < 1.29 is 18.7 Å². The maximum atomic E-state index is 13.4. The predicted molar refractivity (Wildman–Crippen MR) is 115 cm³/mol. The summed E-state index contributed by atoms with van der Waals surface area (Å²) in [6.45, 7) is 2.84. The number of amides is 1. The number of thioether (sulfide) groups is 1. The fraction of sp³-hybridized carbons (Fsp3) is 0.273. The van der Waals surface area contributed by atoms with Crippen LogP contribution in [0.3, 0.4) is 0 Å². The van der Waals surface area contributed by atoms with Crippen LogP contribution >= 0.6 is 11.8 Å². The summed E-state index contributed by atoms with van der Waals surface area (Å²) < 4.78 is 25.8. The highest BCUT2D eigenvalue weighted by atomic mass is 32.2. The van der Waals surface area contributed by atoms with Crippen LogP contribution in [0.4, 0.5) is 4.39 Å². The molecular formula is C22H24FN3O3S. The van der Waals surface area contributed by atoms with Gasteiger partial charge in [-0.2, -0.15) is 0 Å². The molecule has 1 heterocycles. The van der Waals surface area contributed by atoms with E-state index in [0.29, 0.717) is 41.1 Å². The number of halogens is 1. The molecule has 0 bridgehead atoms. The first kappa shape index (κ1) is 21.7. The molecule has 8 heteroatoms. The quantitative estimate of drug-likeness (QED) is 0.497. The molecule has 3 aromatic rings. The van der Waals surface area contributed by atoms with E-state index in [2.05, 4.69) is 4.98 Å². The average molecular weight is 430 g/mol. The summed E-state index contributed by atoms with van der Waals surface area (Å²) >= 11 is 1.42. The fourth-order valence-corrected chi connectivity index (χ4v) is 3.70. The third kappa shape index (κ3) is 4.43. The number of hydrogen-bond donors (Lipinski definition) is 0. The number of carbonyl (C=O) groups excluding carboxylic acids is 1. The Balaban J connectivity index is 1.93. The van der Waals surface area contributed by atoms with Crippen molar-refractivity contribution in [3.8, 4) is 17.2 Å². The largest absolute Gasteiger partial charge is 0.493 e. The van der Waals surface area contributed by atoms with E-state index in [1.54, 1.807) is 42.0 Å². The van der Waals surface area contributed by atoms with E-state index in [1.807, 2.05) is 31.4 Å². The van der Waals surface area contributed by atoms with Gasteiger partial charge in [-0.3, -0.25) is 9.36 Å². The van der Waals surface area contributed by atoms with E-state index in [0.717, 1.165) is 5.56 Å². The molecule has 0 radical (unpaired) electrons. The zero-order chi connectivity index (χ0) is 21.7. The molecule has 0 fully saturated rings. The van der Waals surface area contributed by atoms with Crippen molar-refractivity contribution in [1.29, 1.82) is 0 Å². The lowest BCUT2D eigenvalue weighted by molar-refractivity contribution is 0.0743. The monoisotopic (exact) mass is 429 g/mol. The summed E-state index contributed by atoms with van der Waals surface area (Å²) in [5, 5.41) is 0.659. The third-order valence-electron chi connectivity index (χ3n) is 4.71. The van der Waals surface area contributed by atoms with Gasteiger partial charge in [0.15, 0.2) is 16.7 Å². The summed E-state index contributed by atoms with van der Waals surface area (Å²) in [5.74, 6) is 0.750. The number of carbonyl (C=O) groups is 1. The van der Waals surface area contributed by atoms with Crippen LogP contribution in [-0.2, 0) is 6.54 Å². The number of aromatic nitrogens is 2. The van der Waals surface area contributed by atoms with Crippen molar-refractivity contribution >= 4 is 17.7 Å². The maximum absolute atomic E-state index is 13.4. The second-order valence-electron chi connectivity index (χ2n) is 6.45. The van der Waals surface area contributed by atoms with Crippen LogP contribution in [0.2, 0.25) is 0 Å². The second kappa shape index (κ2) is 9.67. The number of rotatable bonds is 8. The van der Waals surface area contributed by atoms with Crippen LogP contribution in [0.5, 0.6) is 11.5 Å². The van der Waals surface area contributed by atoms with E-state index < -0.39 is 0 Å². The molecule has 2 aromatic carbocycles. The van der Waals surface area contributed by atoms with Crippen molar-refractivity contribution in [1.82, 2.24) is 14.5 Å². The molecule has 0 saturated carbocycles. The molecule has 0 unspecified atom stereocenters. The number of benzene rings is 2. The average Bonchev–Trinajstić information content (AvgIpc) is 3.21. The molecule has 1 amide bonds. The lowest BCUT2D eigenvalue weighted by Crippen LogP contribution is -2.31. The van der Waals surface area contributed by atoms with Crippen LogP contribution in [0.15, 0.2) is 53.8 Å². The van der Waals surface area contributed by atoms with E-state index in [-0.39, 0.29) is 11.7 Å². The normalized spacial score (nSPS) is 10.7. The summed E-state index contributed by atoms with van der Waals surface area (Å²) in [5.41, 5.74) is 2.03. The van der Waals surface area contributed by atoms with Gasteiger partial charge in [-0.1, -0.05) is 17.8 Å². The Morgan fingerprint density at radius 1 is 1.13 bits per heavy atom. The molecule has 0 N–H and O–H groups in total. The number of nitrogens with zero attached hydrogens (tertiary/aromatic N) is 3. The first-order chi connectivity index (χ1) is 14.5. The van der Waals surface area contributed by atoms with Gasteiger partial charge in [0.1, 0.15) is 11.5 Å². The topological polar surface area (TPSA) is 56.6 Å². The maximum Gasteiger partial charge on any atom is 0.272 e. The molecule has 0 aliphatic heterocycles. The minimum Gasteiger partial charge on any atom is -0.493 e. The van der Waals surface area contributed by atoms with Crippen molar-refractivity contribution in [3.05, 3.63) is 65.7 Å². The van der Waals surface area contributed by atoms with Crippen LogP contribution in [0.25, 0.3) is 5.69 Å². The molecule has 30 heavy (non-hydrogen) atoms. The van der Waals surface area contributed by atoms with Crippen molar-refractivity contribution in [2.45, 2.75) is 18.6 Å². The summed E-state index contributed by atoms with van der Waals surface area (Å²) in [6, 6.07) is 11.6. The van der Waals surface area contributed by atoms with Gasteiger partial charge in [-0.15, -0.1) is 0 Å². The number of hydrogen-bond acceptors (Lipinski definition) is 5. The molecule has 0 spiro atoms. The summed E-state index contributed by atoms with van der Waals surface area (Å²) in [7, 11) is 3.16. The van der Waals surface area contributed by atoms with Gasteiger partial charge >= 0.3 is 0 Å². The van der Waals surface area contributed by atoms with Crippen molar-refractivity contribution in [2.75, 3.05) is 27.0 Å². The van der Waals surface area contributed by atoms with Crippen LogP contribution in [0.1, 0.15) is 23.0 Å². The molecule has 0 aliphatic rings. The Bertz CT molecular complexity index is 1020. The van der Waals surface area contributed by atoms with E-state index in [4.69, 9.17) is 9.47 Å². The number of ether oxygens (including phenoxy) is 2. The molecule has 6 nitrogen and oxygen atoms in total. The second-order valence-corrected chi connectivity index (χ2v) is 7.22. The van der Waals surface area contributed by atoms with E-state index in [1.165, 1.54) is 23.9 Å². The highest BCUT2D eigenvalue weighted by Crippen LogP contribution is 2.29. The SMILES string of the molecule is CCN(Cc1ccc(OC)c(OC)c1)C(=O)c1cnc(SC)n1-c1ccc(F)cc1. The Kier molecular flexibility index (Phi) is 6.99. The lowest BCUT2D eigenvalue weighted by Gasteiger charge is -2.22. The summed E-state index contributed by atoms with van der Waals surface area (Å²) in [6.07, 6.45) is 3.45. The summed E-state index contributed by atoms with van der Waals surface area (Å²) in [4.78, 5) is 19.5. The first-order valence-electron chi connectivity index (χ1n) is 9.40. The predicted octanol–water partition coefficient (Wildman–Crippen LogP) is 4.41. The van der Waals surface area contributed by atoms with Gasteiger partial charge in [0.2, 0.25) is 0 Å². The Labute approximate surface area is 179 Å². The molecule has 0 saturated heterocycles. The zero-order valence-electron chi connectivity index (χ0n) is 17.4. The molecule has 1 aromatic heterocycles. The Morgan fingerprint density at radius 2 is 1.83 bits per heavy atom. The smallest absolute Gasteiger partial charge is 0.272 e. The van der Waals surface area contributed by atoms with Gasteiger partial charge in [-0.25, -0.2) is 9.37 Å². The molecule has 0 aliphatic carbocycles. The fourth-order valence-electron chi connectivity index (χ4n) is 3.16. The molecule has 0 atom stereocenters. The van der Waals surface area contributed by atoms with Gasteiger partial charge in [-0.05, 0) is 55.1 Å². The van der Waals surface area contributed by atoms with Gasteiger partial charge in [0.25, 0.3) is 5.91 Å². The van der Waals surface area contributed by atoms with Crippen molar-refractivity contribution in [3.63, 3.8) is 0 Å². The Morgan fingerprint density at radius 3 is 2.43 bits per heavy atom. The third-order valence-corrected chi connectivity index (χ3v) is 5.36. The van der Waals surface area contributed by atoms with Crippen LogP contribution in [0, 0.1) is 5.82 Å².